The van der Waals surface area contributed by atoms with E-state index < -0.39 is 5.97 Å². The van der Waals surface area contributed by atoms with E-state index in [1.165, 1.54) is 0 Å². The summed E-state index contributed by atoms with van der Waals surface area (Å²) >= 11 is 0. The first-order valence-corrected chi connectivity index (χ1v) is 5.09. The van der Waals surface area contributed by atoms with Gasteiger partial charge in [0.2, 0.25) is 0 Å². The molecule has 0 spiro atoms. The summed E-state index contributed by atoms with van der Waals surface area (Å²) in [5.41, 5.74) is 0.772. The first-order chi connectivity index (χ1) is 7.09. The Morgan fingerprint density at radius 1 is 1.53 bits per heavy atom. The van der Waals surface area contributed by atoms with Crippen LogP contribution in [0.5, 0.6) is 0 Å². The maximum absolute atomic E-state index is 10.7. The Kier molecular flexibility index (Phi) is 4.21. The Bertz CT molecular complexity index is 312. The van der Waals surface area contributed by atoms with Crippen molar-refractivity contribution in [1.29, 1.82) is 0 Å². The second kappa shape index (κ2) is 5.44. The van der Waals surface area contributed by atoms with Crippen LogP contribution in [0, 0.1) is 5.92 Å². The van der Waals surface area contributed by atoms with Gasteiger partial charge < -0.3 is 5.11 Å². The normalized spacial score (nSPS) is 12.7. The molecule has 1 aromatic rings. The van der Waals surface area contributed by atoms with Crippen LogP contribution < -0.4 is 0 Å². The Morgan fingerprint density at radius 2 is 2.27 bits per heavy atom. The van der Waals surface area contributed by atoms with Crippen molar-refractivity contribution < 1.29 is 9.90 Å². The molecule has 1 heterocycles. The van der Waals surface area contributed by atoms with Crippen molar-refractivity contribution in [2.24, 2.45) is 5.92 Å². The fourth-order valence-electron chi connectivity index (χ4n) is 1.62. The lowest BCUT2D eigenvalue weighted by Gasteiger charge is -2.15. The molecule has 0 aliphatic rings. The first kappa shape index (κ1) is 11.6. The molecule has 0 saturated carbocycles. The third kappa shape index (κ3) is 4.06. The van der Waals surface area contributed by atoms with Crippen LogP contribution in [0.3, 0.4) is 0 Å². The third-order valence-electron chi connectivity index (χ3n) is 2.19. The molecule has 0 radical (unpaired) electrons. The van der Waals surface area contributed by atoms with Crippen molar-refractivity contribution >= 4 is 5.97 Å². The van der Waals surface area contributed by atoms with Gasteiger partial charge in [-0.25, -0.2) is 0 Å². The van der Waals surface area contributed by atoms with E-state index in [0.29, 0.717) is 5.92 Å². The molecule has 0 aliphatic carbocycles. The summed E-state index contributed by atoms with van der Waals surface area (Å²) in [6.45, 7) is 4.15. The SMILES string of the molecule is CC(C)CC(CC(=O)O)c1cccnn1. The molecule has 1 N–H and O–H groups in total. The van der Waals surface area contributed by atoms with Gasteiger partial charge in [0, 0.05) is 12.1 Å². The minimum atomic E-state index is -0.786. The molecule has 0 amide bonds. The van der Waals surface area contributed by atoms with Crippen LogP contribution in [-0.2, 0) is 4.79 Å². The summed E-state index contributed by atoms with van der Waals surface area (Å²) in [6, 6.07) is 3.63. The molecular weight excluding hydrogens is 192 g/mol. The molecule has 4 heteroatoms. The lowest BCUT2D eigenvalue weighted by molar-refractivity contribution is -0.137. The van der Waals surface area contributed by atoms with E-state index in [2.05, 4.69) is 24.0 Å². The van der Waals surface area contributed by atoms with Crippen molar-refractivity contribution in [3.05, 3.63) is 24.0 Å². The van der Waals surface area contributed by atoms with E-state index in [9.17, 15) is 4.79 Å². The summed E-state index contributed by atoms with van der Waals surface area (Å²) in [5, 5.41) is 16.6. The quantitative estimate of drug-likeness (QED) is 0.804. The van der Waals surface area contributed by atoms with Crippen molar-refractivity contribution in [3.8, 4) is 0 Å². The van der Waals surface area contributed by atoms with Crippen LogP contribution in [0.2, 0.25) is 0 Å². The molecule has 0 aromatic carbocycles. The van der Waals surface area contributed by atoms with Gasteiger partial charge in [-0.15, -0.1) is 0 Å². The zero-order valence-corrected chi connectivity index (χ0v) is 9.05. The molecule has 82 valence electrons. The molecule has 15 heavy (non-hydrogen) atoms. The second-order valence-corrected chi connectivity index (χ2v) is 4.07. The van der Waals surface area contributed by atoms with E-state index in [1.54, 1.807) is 12.3 Å². The van der Waals surface area contributed by atoms with Crippen LogP contribution in [-0.4, -0.2) is 21.3 Å². The smallest absolute Gasteiger partial charge is 0.304 e. The van der Waals surface area contributed by atoms with Gasteiger partial charge in [0.05, 0.1) is 12.1 Å². The predicted molar refractivity (Wildman–Crippen MR) is 56.5 cm³/mol. The number of hydrogen-bond acceptors (Lipinski definition) is 3. The van der Waals surface area contributed by atoms with E-state index in [4.69, 9.17) is 5.11 Å². The summed E-state index contributed by atoms with van der Waals surface area (Å²) < 4.78 is 0. The van der Waals surface area contributed by atoms with E-state index >= 15 is 0 Å². The Morgan fingerprint density at radius 3 is 2.73 bits per heavy atom. The summed E-state index contributed by atoms with van der Waals surface area (Å²) in [5.74, 6) is -0.362. The molecule has 0 aliphatic heterocycles. The van der Waals surface area contributed by atoms with Crippen LogP contribution in [0.25, 0.3) is 0 Å². The standard InChI is InChI=1S/C11H16N2O2/c1-8(2)6-9(7-11(14)15)10-4-3-5-12-13-10/h3-5,8-9H,6-7H2,1-2H3,(H,14,15). The Labute approximate surface area is 89.3 Å². The van der Waals surface area contributed by atoms with Crippen LogP contribution in [0.1, 0.15) is 38.3 Å². The van der Waals surface area contributed by atoms with Gasteiger partial charge in [0.15, 0.2) is 0 Å². The van der Waals surface area contributed by atoms with E-state index in [-0.39, 0.29) is 12.3 Å². The summed E-state index contributed by atoms with van der Waals surface area (Å²) in [7, 11) is 0. The number of hydrogen-bond donors (Lipinski definition) is 1. The number of nitrogens with zero attached hydrogens (tertiary/aromatic N) is 2. The average molecular weight is 208 g/mol. The monoisotopic (exact) mass is 208 g/mol. The van der Waals surface area contributed by atoms with Gasteiger partial charge in [0.1, 0.15) is 0 Å². The van der Waals surface area contributed by atoms with Crippen molar-refractivity contribution in [3.63, 3.8) is 0 Å². The van der Waals surface area contributed by atoms with E-state index in [1.807, 2.05) is 6.07 Å². The van der Waals surface area contributed by atoms with E-state index in [0.717, 1.165) is 12.1 Å². The summed E-state index contributed by atoms with van der Waals surface area (Å²) in [4.78, 5) is 10.7. The first-order valence-electron chi connectivity index (χ1n) is 5.09. The molecule has 0 saturated heterocycles. The third-order valence-corrected chi connectivity index (χ3v) is 2.19. The number of carboxylic acid groups (broad SMARTS) is 1. The molecule has 1 unspecified atom stereocenters. The number of carboxylic acids is 1. The van der Waals surface area contributed by atoms with Crippen molar-refractivity contribution in [2.75, 3.05) is 0 Å². The number of aliphatic carboxylic acids is 1. The zero-order chi connectivity index (χ0) is 11.3. The largest absolute Gasteiger partial charge is 0.481 e. The van der Waals surface area contributed by atoms with Crippen molar-refractivity contribution in [1.82, 2.24) is 10.2 Å². The van der Waals surface area contributed by atoms with Crippen LogP contribution >= 0.6 is 0 Å². The van der Waals surface area contributed by atoms with Gasteiger partial charge in [-0.05, 0) is 24.5 Å². The van der Waals surface area contributed by atoms with Gasteiger partial charge in [-0.1, -0.05) is 13.8 Å². The Balaban J connectivity index is 2.76. The highest BCUT2D eigenvalue weighted by Crippen LogP contribution is 2.24. The molecule has 4 nitrogen and oxygen atoms in total. The van der Waals surface area contributed by atoms with Crippen LogP contribution in [0.4, 0.5) is 0 Å². The van der Waals surface area contributed by atoms with Gasteiger partial charge in [-0.2, -0.15) is 10.2 Å². The predicted octanol–water partition coefficient (Wildman–Crippen LogP) is 2.08. The molecule has 0 bridgehead atoms. The number of carbonyl (C=O) groups is 1. The fourth-order valence-corrected chi connectivity index (χ4v) is 1.62. The number of rotatable bonds is 5. The number of aromatic nitrogens is 2. The molecule has 1 atom stereocenters. The maximum atomic E-state index is 10.7. The maximum Gasteiger partial charge on any atom is 0.304 e. The topological polar surface area (TPSA) is 63.1 Å². The fraction of sp³-hybridized carbons (Fsp3) is 0.545. The molecule has 1 rings (SSSR count). The minimum absolute atomic E-state index is 0.0313. The Hall–Kier alpha value is -1.45. The van der Waals surface area contributed by atoms with Gasteiger partial charge in [0.25, 0.3) is 0 Å². The van der Waals surface area contributed by atoms with Gasteiger partial charge in [-0.3, -0.25) is 4.79 Å². The van der Waals surface area contributed by atoms with Gasteiger partial charge >= 0.3 is 5.97 Å². The highest BCUT2D eigenvalue weighted by atomic mass is 16.4. The van der Waals surface area contributed by atoms with Crippen molar-refractivity contribution in [2.45, 2.75) is 32.6 Å². The second-order valence-electron chi connectivity index (χ2n) is 4.07. The summed E-state index contributed by atoms with van der Waals surface area (Å²) in [6.07, 6.45) is 2.54. The lowest BCUT2D eigenvalue weighted by Crippen LogP contribution is -2.11. The van der Waals surface area contributed by atoms with Crippen LogP contribution in [0.15, 0.2) is 18.3 Å². The lowest BCUT2D eigenvalue weighted by atomic mass is 9.91. The zero-order valence-electron chi connectivity index (χ0n) is 9.05. The highest BCUT2D eigenvalue weighted by molar-refractivity contribution is 5.67. The highest BCUT2D eigenvalue weighted by Gasteiger charge is 2.18. The average Bonchev–Trinajstić information content (AvgIpc) is 2.17. The molecule has 0 fully saturated rings. The molecule has 1 aromatic heterocycles. The minimum Gasteiger partial charge on any atom is -0.481 e. The molecular formula is C11H16N2O2.